The third-order valence-electron chi connectivity index (χ3n) is 6.69. The van der Waals surface area contributed by atoms with Gasteiger partial charge in [0.25, 0.3) is 0 Å². The fourth-order valence-corrected chi connectivity index (χ4v) is 5.03. The number of allylic oxidation sites excluding steroid dienone is 1. The van der Waals surface area contributed by atoms with Crippen LogP contribution in [0, 0.1) is 0 Å². The summed E-state index contributed by atoms with van der Waals surface area (Å²) in [6.07, 6.45) is 13.2. The van der Waals surface area contributed by atoms with E-state index in [1.54, 1.807) is 0 Å². The molecular weight excluding hydrogens is 378 g/mol. The first kappa shape index (κ1) is 20.1. The Morgan fingerprint density at radius 2 is 1.55 bits per heavy atom. The molecule has 31 heavy (non-hydrogen) atoms. The fraction of sp³-hybridized carbons (Fsp3) is 0.393. The number of hydrogen-bond acceptors (Lipinski definition) is 3. The molecule has 0 saturated heterocycles. The maximum Gasteiger partial charge on any atom is 0.0726 e. The van der Waals surface area contributed by atoms with E-state index in [4.69, 9.17) is 4.98 Å². The van der Waals surface area contributed by atoms with Crippen LogP contribution in [0.25, 0.3) is 17.0 Å². The lowest BCUT2D eigenvalue weighted by molar-refractivity contribution is 0.624. The van der Waals surface area contributed by atoms with E-state index < -0.39 is 0 Å². The molecule has 3 aromatic rings. The molecule has 2 aromatic carbocycles. The number of benzene rings is 2. The number of fused-ring (bicyclic) bond motifs is 3. The molecule has 3 heteroatoms. The molecule has 5 rings (SSSR count). The van der Waals surface area contributed by atoms with Gasteiger partial charge in [0.2, 0.25) is 0 Å². The highest BCUT2D eigenvalue weighted by atomic mass is 14.9. The topological polar surface area (TPSA) is 37.0 Å². The maximum atomic E-state index is 4.95. The Bertz CT molecular complexity index is 1080. The Balaban J connectivity index is 1.06. The zero-order chi connectivity index (χ0) is 20.9. The summed E-state index contributed by atoms with van der Waals surface area (Å²) in [7, 11) is 0. The van der Waals surface area contributed by atoms with Gasteiger partial charge in [-0.05, 0) is 67.4 Å². The number of rotatable bonds is 9. The molecule has 0 saturated carbocycles. The Morgan fingerprint density at radius 3 is 2.45 bits per heavy atom. The molecule has 0 fully saturated rings. The van der Waals surface area contributed by atoms with Crippen LogP contribution in [0.2, 0.25) is 0 Å². The molecule has 0 amide bonds. The third kappa shape index (κ3) is 4.61. The summed E-state index contributed by atoms with van der Waals surface area (Å²) in [6, 6.07) is 17.3. The molecule has 0 radical (unpaired) electrons. The van der Waals surface area contributed by atoms with E-state index in [9.17, 15) is 0 Å². The number of pyridine rings is 1. The van der Waals surface area contributed by atoms with Crippen LogP contribution in [0.3, 0.4) is 0 Å². The molecule has 0 unspecified atom stereocenters. The van der Waals surface area contributed by atoms with Crippen LogP contribution >= 0.6 is 0 Å². The van der Waals surface area contributed by atoms with Gasteiger partial charge in [0, 0.05) is 42.0 Å². The molecule has 1 heterocycles. The smallest absolute Gasteiger partial charge is 0.0726 e. The highest BCUT2D eigenvalue weighted by Gasteiger charge is 2.17. The van der Waals surface area contributed by atoms with Gasteiger partial charge in [-0.2, -0.15) is 0 Å². The summed E-state index contributed by atoms with van der Waals surface area (Å²) in [4.78, 5) is 4.95. The second kappa shape index (κ2) is 9.55. The van der Waals surface area contributed by atoms with Crippen molar-refractivity contribution in [3.63, 3.8) is 0 Å². The van der Waals surface area contributed by atoms with Crippen molar-refractivity contribution in [3.05, 3.63) is 76.6 Å². The Morgan fingerprint density at radius 1 is 0.774 bits per heavy atom. The van der Waals surface area contributed by atoms with Gasteiger partial charge >= 0.3 is 0 Å². The lowest BCUT2D eigenvalue weighted by Crippen LogP contribution is -2.14. The normalized spacial score (nSPS) is 14.8. The number of para-hydroxylation sites is 1. The van der Waals surface area contributed by atoms with E-state index in [-0.39, 0.29) is 0 Å². The number of aryl methyl sites for hydroxylation is 1. The van der Waals surface area contributed by atoms with Gasteiger partial charge in [-0.1, -0.05) is 55.3 Å². The van der Waals surface area contributed by atoms with Gasteiger partial charge in [-0.15, -0.1) is 0 Å². The van der Waals surface area contributed by atoms with Crippen LogP contribution in [0.4, 0.5) is 5.69 Å². The van der Waals surface area contributed by atoms with E-state index in [0.29, 0.717) is 0 Å². The number of unbranched alkanes of at least 4 members (excludes halogenated alkanes) is 3. The molecule has 160 valence electrons. The van der Waals surface area contributed by atoms with Crippen molar-refractivity contribution >= 4 is 22.7 Å². The average Bonchev–Trinajstić information content (AvgIpc) is 3.23. The summed E-state index contributed by atoms with van der Waals surface area (Å²) >= 11 is 0. The number of nitrogens with one attached hydrogen (secondary N) is 2. The van der Waals surface area contributed by atoms with E-state index in [1.807, 2.05) is 0 Å². The molecule has 0 spiro atoms. The van der Waals surface area contributed by atoms with Gasteiger partial charge in [0.05, 0.1) is 5.52 Å². The monoisotopic (exact) mass is 411 g/mol. The molecule has 2 aliphatic rings. The van der Waals surface area contributed by atoms with E-state index >= 15 is 0 Å². The first-order valence-electron chi connectivity index (χ1n) is 12.1. The zero-order valence-corrected chi connectivity index (χ0v) is 18.4. The molecular formula is C28H33N3. The lowest BCUT2D eigenvalue weighted by atomic mass is 9.92. The molecule has 0 bridgehead atoms. The summed E-state index contributed by atoms with van der Waals surface area (Å²) in [5, 5.41) is 8.72. The first-order valence-corrected chi connectivity index (χ1v) is 12.1. The molecule has 0 aliphatic heterocycles. The minimum atomic E-state index is 1.05. The van der Waals surface area contributed by atoms with E-state index in [0.717, 1.165) is 31.4 Å². The van der Waals surface area contributed by atoms with Gasteiger partial charge in [0.15, 0.2) is 0 Å². The molecule has 0 atom stereocenters. The van der Waals surface area contributed by atoms with Crippen molar-refractivity contribution in [2.24, 2.45) is 0 Å². The van der Waals surface area contributed by atoms with Crippen molar-refractivity contribution in [3.8, 4) is 0 Å². The minimum absolute atomic E-state index is 1.05. The minimum Gasteiger partial charge on any atom is -0.388 e. The Hall–Kier alpha value is -2.81. The first-order chi connectivity index (χ1) is 15.4. The van der Waals surface area contributed by atoms with Crippen molar-refractivity contribution < 1.29 is 0 Å². The molecule has 2 N–H and O–H groups in total. The zero-order valence-electron chi connectivity index (χ0n) is 18.4. The van der Waals surface area contributed by atoms with E-state index in [2.05, 4.69) is 65.2 Å². The lowest BCUT2D eigenvalue weighted by Gasteiger charge is -2.21. The second-order valence-electron chi connectivity index (χ2n) is 8.95. The second-order valence-corrected chi connectivity index (χ2v) is 8.95. The van der Waals surface area contributed by atoms with Crippen LogP contribution < -0.4 is 10.6 Å². The standard InChI is InChI=1S/C28H33N3/c1(9-17-29-23-19-21-11-3-4-12-22(21)20-23)2-10-18-30-28-24-13-5-7-15-26(24)31-27-16-8-6-14-25(27)28/h3-5,7,11-13,15,19,29H,1-2,6,8-10,14,16-18,20H2,(H,30,31). The summed E-state index contributed by atoms with van der Waals surface area (Å²) < 4.78 is 0. The summed E-state index contributed by atoms with van der Waals surface area (Å²) in [5.74, 6) is 0. The largest absolute Gasteiger partial charge is 0.388 e. The van der Waals surface area contributed by atoms with E-state index in [1.165, 1.54) is 84.1 Å². The summed E-state index contributed by atoms with van der Waals surface area (Å²) in [5.41, 5.74) is 9.48. The molecule has 1 aromatic heterocycles. The number of hydrogen-bond donors (Lipinski definition) is 2. The quantitative estimate of drug-likeness (QED) is 0.407. The van der Waals surface area contributed by atoms with Crippen molar-refractivity contribution in [2.75, 3.05) is 18.4 Å². The van der Waals surface area contributed by atoms with Crippen LogP contribution in [-0.2, 0) is 19.3 Å². The van der Waals surface area contributed by atoms with Crippen molar-refractivity contribution in [2.45, 2.75) is 57.8 Å². The number of nitrogens with zero attached hydrogens (tertiary/aromatic N) is 1. The SMILES string of the molecule is C1=C(NCCCCCCNc2c3c(nc4ccccc24)CCCC3)Cc2ccccc21. The fourth-order valence-electron chi connectivity index (χ4n) is 5.03. The van der Waals surface area contributed by atoms with Crippen LogP contribution in [-0.4, -0.2) is 18.1 Å². The molecule has 3 nitrogen and oxygen atoms in total. The molecule has 2 aliphatic carbocycles. The van der Waals surface area contributed by atoms with Crippen LogP contribution in [0.1, 0.15) is 60.9 Å². The summed E-state index contributed by atoms with van der Waals surface area (Å²) in [6.45, 7) is 2.13. The van der Waals surface area contributed by atoms with Gasteiger partial charge in [-0.3, -0.25) is 4.98 Å². The highest BCUT2D eigenvalue weighted by Crippen LogP contribution is 2.33. The van der Waals surface area contributed by atoms with Gasteiger partial charge in [-0.25, -0.2) is 0 Å². The number of anilines is 1. The number of aromatic nitrogens is 1. The van der Waals surface area contributed by atoms with Crippen molar-refractivity contribution in [1.82, 2.24) is 10.3 Å². The predicted octanol–water partition coefficient (Wildman–Crippen LogP) is 6.27. The maximum absolute atomic E-state index is 4.95. The average molecular weight is 412 g/mol. The Labute approximate surface area is 186 Å². The van der Waals surface area contributed by atoms with Crippen LogP contribution in [0.15, 0.2) is 54.2 Å². The van der Waals surface area contributed by atoms with Gasteiger partial charge < -0.3 is 10.6 Å². The Kier molecular flexibility index (Phi) is 6.20. The van der Waals surface area contributed by atoms with Crippen LogP contribution in [0.5, 0.6) is 0 Å². The predicted molar refractivity (Wildman–Crippen MR) is 131 cm³/mol. The third-order valence-corrected chi connectivity index (χ3v) is 6.69. The van der Waals surface area contributed by atoms with Gasteiger partial charge in [0.1, 0.15) is 0 Å². The van der Waals surface area contributed by atoms with Crippen molar-refractivity contribution in [1.29, 1.82) is 0 Å². The highest BCUT2D eigenvalue weighted by molar-refractivity contribution is 5.93.